The summed E-state index contributed by atoms with van der Waals surface area (Å²) in [7, 11) is 0. The minimum Gasteiger partial charge on any atom is -0.335 e. The Balaban J connectivity index is 1.50. The third kappa shape index (κ3) is 3.47. The van der Waals surface area contributed by atoms with Crippen molar-refractivity contribution in [2.24, 2.45) is 0 Å². The third-order valence-corrected chi connectivity index (χ3v) is 5.18. The van der Waals surface area contributed by atoms with Crippen LogP contribution in [0, 0.1) is 0 Å². The van der Waals surface area contributed by atoms with E-state index >= 15 is 0 Å². The molecule has 0 aliphatic carbocycles. The lowest BCUT2D eigenvalue weighted by Gasteiger charge is -2.34. The summed E-state index contributed by atoms with van der Waals surface area (Å²) in [5, 5.41) is 0.354. The Labute approximate surface area is 170 Å². The van der Waals surface area contributed by atoms with Crippen molar-refractivity contribution in [3.8, 4) is 0 Å². The summed E-state index contributed by atoms with van der Waals surface area (Å²) in [4.78, 5) is 63.7. The number of nitrogens with one attached hydrogen (secondary N) is 1. The van der Waals surface area contributed by atoms with Gasteiger partial charge in [0.1, 0.15) is 5.69 Å². The van der Waals surface area contributed by atoms with Crippen LogP contribution in [0.3, 0.4) is 0 Å². The average Bonchev–Trinajstić information content (AvgIpc) is 2.78. The van der Waals surface area contributed by atoms with Gasteiger partial charge in [0.2, 0.25) is 0 Å². The Morgan fingerprint density at radius 3 is 2.37 bits per heavy atom. The number of carbonyl (C=O) groups excluding carboxylic acids is 2. The second-order valence-electron chi connectivity index (χ2n) is 6.91. The molecule has 4 rings (SSSR count). The Hall–Kier alpha value is -3.82. The van der Waals surface area contributed by atoms with Crippen LogP contribution >= 0.6 is 0 Å². The smallest absolute Gasteiger partial charge is 0.328 e. The van der Waals surface area contributed by atoms with Gasteiger partial charge in [-0.1, -0.05) is 0 Å². The summed E-state index contributed by atoms with van der Waals surface area (Å²) >= 11 is 0. The molecule has 1 saturated heterocycles. The van der Waals surface area contributed by atoms with Crippen LogP contribution in [0.5, 0.6) is 0 Å². The van der Waals surface area contributed by atoms with Gasteiger partial charge in [-0.3, -0.25) is 23.9 Å². The molecule has 3 aromatic rings. The van der Waals surface area contributed by atoms with E-state index in [1.165, 1.54) is 24.7 Å². The van der Waals surface area contributed by atoms with Crippen molar-refractivity contribution in [2.75, 3.05) is 26.2 Å². The van der Waals surface area contributed by atoms with Gasteiger partial charge in [0.15, 0.2) is 0 Å². The molecule has 30 heavy (non-hydrogen) atoms. The number of hydrogen-bond acceptors (Lipinski definition) is 6. The molecule has 2 amide bonds. The highest BCUT2D eigenvalue weighted by atomic mass is 16.2. The first-order valence-electron chi connectivity index (χ1n) is 9.61. The van der Waals surface area contributed by atoms with Crippen molar-refractivity contribution in [1.29, 1.82) is 0 Å². The molecule has 1 fully saturated rings. The first-order chi connectivity index (χ1) is 14.5. The number of carbonyl (C=O) groups is 2. The molecule has 1 aliphatic heterocycles. The van der Waals surface area contributed by atoms with Gasteiger partial charge in [-0.25, -0.2) is 9.78 Å². The Kier molecular flexibility index (Phi) is 5.13. The summed E-state index contributed by atoms with van der Waals surface area (Å²) in [6.07, 6.45) is 4.39. The molecule has 0 saturated carbocycles. The van der Waals surface area contributed by atoms with E-state index in [2.05, 4.69) is 15.0 Å². The van der Waals surface area contributed by atoms with Gasteiger partial charge in [0.05, 0.1) is 17.1 Å². The molecule has 0 bridgehead atoms. The molecule has 10 nitrogen and oxygen atoms in total. The molecule has 154 valence electrons. The van der Waals surface area contributed by atoms with Gasteiger partial charge in [0, 0.05) is 50.7 Å². The zero-order valence-electron chi connectivity index (χ0n) is 16.4. The van der Waals surface area contributed by atoms with E-state index in [0.717, 1.165) is 4.57 Å². The summed E-state index contributed by atoms with van der Waals surface area (Å²) in [5.41, 5.74) is 0.0909. The Morgan fingerprint density at radius 2 is 1.73 bits per heavy atom. The fraction of sp³-hybridized carbons (Fsp3) is 0.300. The summed E-state index contributed by atoms with van der Waals surface area (Å²) in [6.45, 7) is 3.49. The van der Waals surface area contributed by atoms with Crippen LogP contribution in [0.1, 0.15) is 27.8 Å². The molecule has 1 N–H and O–H groups in total. The SMILES string of the molecule is CCn1c(=O)[nH]c2cc(C(=O)N3CCN(C(=O)c4cnccn4)CC3)ccc2c1=O. The third-order valence-electron chi connectivity index (χ3n) is 5.18. The zero-order chi connectivity index (χ0) is 21.3. The topological polar surface area (TPSA) is 121 Å². The van der Waals surface area contributed by atoms with Crippen LogP contribution in [-0.4, -0.2) is 67.3 Å². The van der Waals surface area contributed by atoms with Crippen LogP contribution in [0.15, 0.2) is 46.4 Å². The molecular weight excluding hydrogens is 388 g/mol. The van der Waals surface area contributed by atoms with Crippen molar-refractivity contribution in [3.63, 3.8) is 0 Å². The summed E-state index contributed by atoms with van der Waals surface area (Å²) in [5.74, 6) is -0.435. The van der Waals surface area contributed by atoms with E-state index in [1.807, 2.05) is 0 Å². The van der Waals surface area contributed by atoms with Crippen molar-refractivity contribution in [2.45, 2.75) is 13.5 Å². The number of piperazine rings is 1. The fourth-order valence-electron chi connectivity index (χ4n) is 3.54. The Morgan fingerprint density at radius 1 is 1.03 bits per heavy atom. The monoisotopic (exact) mass is 408 g/mol. The summed E-state index contributed by atoms with van der Waals surface area (Å²) in [6, 6.07) is 4.67. The molecule has 0 radical (unpaired) electrons. The molecule has 0 spiro atoms. The molecule has 3 heterocycles. The number of nitrogens with zero attached hydrogens (tertiary/aromatic N) is 5. The van der Waals surface area contributed by atoms with Gasteiger partial charge in [-0.15, -0.1) is 0 Å². The van der Waals surface area contributed by atoms with E-state index in [0.29, 0.717) is 42.6 Å². The van der Waals surface area contributed by atoms with Crippen molar-refractivity contribution < 1.29 is 9.59 Å². The number of aromatic nitrogens is 4. The van der Waals surface area contributed by atoms with Gasteiger partial charge < -0.3 is 14.8 Å². The van der Waals surface area contributed by atoms with E-state index in [-0.39, 0.29) is 29.6 Å². The number of benzene rings is 1. The maximum Gasteiger partial charge on any atom is 0.328 e. The van der Waals surface area contributed by atoms with E-state index in [1.54, 1.807) is 28.9 Å². The number of fused-ring (bicyclic) bond motifs is 1. The van der Waals surface area contributed by atoms with E-state index in [4.69, 9.17) is 0 Å². The van der Waals surface area contributed by atoms with Crippen molar-refractivity contribution in [1.82, 2.24) is 29.3 Å². The van der Waals surface area contributed by atoms with Crippen LogP contribution in [0.2, 0.25) is 0 Å². The minimum atomic E-state index is -0.504. The number of hydrogen-bond donors (Lipinski definition) is 1. The molecule has 2 aromatic heterocycles. The second kappa shape index (κ2) is 7.90. The number of H-pyrrole nitrogens is 1. The Bertz CT molecular complexity index is 1230. The molecule has 0 unspecified atom stereocenters. The lowest BCUT2D eigenvalue weighted by atomic mass is 10.1. The lowest BCUT2D eigenvalue weighted by molar-refractivity contribution is 0.0532. The quantitative estimate of drug-likeness (QED) is 0.656. The van der Waals surface area contributed by atoms with E-state index < -0.39 is 5.69 Å². The molecule has 1 aromatic carbocycles. The molecule has 10 heteroatoms. The van der Waals surface area contributed by atoms with Gasteiger partial charge >= 0.3 is 5.69 Å². The maximum absolute atomic E-state index is 12.9. The van der Waals surface area contributed by atoms with Crippen LogP contribution < -0.4 is 11.2 Å². The predicted octanol–water partition coefficient (Wildman–Crippen LogP) is 0.0979. The first kappa shape index (κ1) is 19.5. The van der Waals surface area contributed by atoms with Crippen LogP contribution in [0.4, 0.5) is 0 Å². The number of rotatable bonds is 3. The maximum atomic E-state index is 12.9. The normalized spacial score (nSPS) is 14.2. The van der Waals surface area contributed by atoms with Crippen LogP contribution in [0.25, 0.3) is 10.9 Å². The van der Waals surface area contributed by atoms with Gasteiger partial charge in [-0.05, 0) is 25.1 Å². The average molecular weight is 408 g/mol. The minimum absolute atomic E-state index is 0.217. The van der Waals surface area contributed by atoms with Crippen molar-refractivity contribution >= 4 is 22.7 Å². The standard InChI is InChI=1S/C20H20N6O4/c1-2-26-18(28)14-4-3-13(11-15(14)23-20(26)30)17(27)24-7-9-25(10-8-24)19(29)16-12-21-5-6-22-16/h3-6,11-12H,2,7-10H2,1H3,(H,23,30). The highest BCUT2D eigenvalue weighted by Gasteiger charge is 2.26. The van der Waals surface area contributed by atoms with Crippen LogP contribution in [-0.2, 0) is 6.54 Å². The second-order valence-corrected chi connectivity index (χ2v) is 6.91. The molecule has 0 atom stereocenters. The summed E-state index contributed by atoms with van der Waals surface area (Å²) < 4.78 is 1.11. The fourth-order valence-corrected chi connectivity index (χ4v) is 3.54. The first-order valence-corrected chi connectivity index (χ1v) is 9.61. The molecule has 1 aliphatic rings. The largest absolute Gasteiger partial charge is 0.335 e. The predicted molar refractivity (Wildman–Crippen MR) is 108 cm³/mol. The van der Waals surface area contributed by atoms with Gasteiger partial charge in [0.25, 0.3) is 17.4 Å². The number of amides is 2. The highest BCUT2D eigenvalue weighted by Crippen LogP contribution is 2.14. The van der Waals surface area contributed by atoms with E-state index in [9.17, 15) is 19.2 Å². The lowest BCUT2D eigenvalue weighted by Crippen LogP contribution is -2.50. The number of aromatic amines is 1. The van der Waals surface area contributed by atoms with Crippen molar-refractivity contribution in [3.05, 3.63) is 68.9 Å². The molecular formula is C20H20N6O4. The van der Waals surface area contributed by atoms with Gasteiger partial charge in [-0.2, -0.15) is 0 Å². The highest BCUT2D eigenvalue weighted by molar-refractivity contribution is 5.98. The zero-order valence-corrected chi connectivity index (χ0v) is 16.4.